The van der Waals surface area contributed by atoms with Gasteiger partial charge in [-0.25, -0.2) is 8.78 Å². The standard InChI is InChI=1S/C19H17Cl2F2NO/c1-18(2)9-19(18,13-5-4-12(22)8-16(13)23)10-24-17(25)11-3-6-14(20)15(21)7-11/h3-8H,9-10H2,1-2H3,(H,24,25). The van der Waals surface area contributed by atoms with E-state index in [2.05, 4.69) is 5.32 Å². The van der Waals surface area contributed by atoms with E-state index in [1.807, 2.05) is 13.8 Å². The lowest BCUT2D eigenvalue weighted by atomic mass is 9.87. The van der Waals surface area contributed by atoms with E-state index < -0.39 is 17.0 Å². The molecular weight excluding hydrogens is 367 g/mol. The molecule has 1 fully saturated rings. The van der Waals surface area contributed by atoms with Gasteiger partial charge in [-0.2, -0.15) is 0 Å². The Bertz CT molecular complexity index is 853. The summed E-state index contributed by atoms with van der Waals surface area (Å²) in [5.74, 6) is -1.52. The molecule has 1 atom stereocenters. The van der Waals surface area contributed by atoms with E-state index in [1.165, 1.54) is 18.2 Å². The summed E-state index contributed by atoms with van der Waals surface area (Å²) in [4.78, 5) is 12.4. The first-order valence-corrected chi connectivity index (χ1v) is 8.61. The summed E-state index contributed by atoms with van der Waals surface area (Å²) in [5.41, 5.74) is 0.0451. The first-order valence-electron chi connectivity index (χ1n) is 7.85. The van der Waals surface area contributed by atoms with Gasteiger partial charge in [0.2, 0.25) is 0 Å². The maximum atomic E-state index is 14.3. The Morgan fingerprint density at radius 1 is 1.12 bits per heavy atom. The lowest BCUT2D eigenvalue weighted by molar-refractivity contribution is 0.0947. The van der Waals surface area contributed by atoms with Gasteiger partial charge in [-0.1, -0.05) is 43.1 Å². The number of rotatable bonds is 4. The van der Waals surface area contributed by atoms with Crippen molar-refractivity contribution in [3.8, 4) is 0 Å². The monoisotopic (exact) mass is 383 g/mol. The Morgan fingerprint density at radius 3 is 2.36 bits per heavy atom. The smallest absolute Gasteiger partial charge is 0.251 e. The summed E-state index contributed by atoms with van der Waals surface area (Å²) < 4.78 is 27.5. The van der Waals surface area contributed by atoms with Crippen LogP contribution in [0.3, 0.4) is 0 Å². The number of benzene rings is 2. The van der Waals surface area contributed by atoms with Gasteiger partial charge >= 0.3 is 0 Å². The lowest BCUT2D eigenvalue weighted by Crippen LogP contribution is -2.35. The predicted octanol–water partition coefficient (Wildman–Crippen LogP) is 5.37. The van der Waals surface area contributed by atoms with Crippen LogP contribution < -0.4 is 5.32 Å². The summed E-state index contributed by atoms with van der Waals surface area (Å²) in [6.07, 6.45) is 0.699. The van der Waals surface area contributed by atoms with Crippen LogP contribution in [0.2, 0.25) is 10.0 Å². The fourth-order valence-electron chi connectivity index (χ4n) is 3.42. The van der Waals surface area contributed by atoms with Crippen LogP contribution in [0.1, 0.15) is 36.2 Å². The minimum Gasteiger partial charge on any atom is -0.351 e. The van der Waals surface area contributed by atoms with E-state index in [0.29, 0.717) is 27.6 Å². The van der Waals surface area contributed by atoms with Gasteiger partial charge in [0, 0.05) is 23.6 Å². The molecule has 0 spiro atoms. The van der Waals surface area contributed by atoms with Gasteiger partial charge in [-0.15, -0.1) is 0 Å². The summed E-state index contributed by atoms with van der Waals surface area (Å²) in [6, 6.07) is 8.21. The van der Waals surface area contributed by atoms with Crippen LogP contribution in [0.15, 0.2) is 36.4 Å². The maximum absolute atomic E-state index is 14.3. The van der Waals surface area contributed by atoms with Crippen LogP contribution in [-0.2, 0) is 5.41 Å². The van der Waals surface area contributed by atoms with E-state index in [4.69, 9.17) is 23.2 Å². The van der Waals surface area contributed by atoms with E-state index >= 15 is 0 Å². The molecule has 1 amide bonds. The number of amides is 1. The molecule has 6 heteroatoms. The first-order chi connectivity index (χ1) is 11.7. The molecule has 2 aromatic rings. The second kappa shape index (κ2) is 6.26. The Morgan fingerprint density at radius 2 is 1.80 bits per heavy atom. The first kappa shape index (κ1) is 18.2. The van der Waals surface area contributed by atoms with E-state index in [9.17, 15) is 13.6 Å². The Hall–Kier alpha value is -1.65. The highest BCUT2D eigenvalue weighted by molar-refractivity contribution is 6.42. The molecule has 0 aromatic heterocycles. The van der Waals surface area contributed by atoms with Gasteiger partial charge < -0.3 is 5.32 Å². The van der Waals surface area contributed by atoms with Crippen molar-refractivity contribution >= 4 is 29.1 Å². The fraction of sp³-hybridized carbons (Fsp3) is 0.316. The van der Waals surface area contributed by atoms with E-state index in [-0.39, 0.29) is 17.9 Å². The molecule has 1 saturated carbocycles. The summed E-state index contributed by atoms with van der Waals surface area (Å²) in [5, 5.41) is 3.50. The zero-order chi connectivity index (χ0) is 18.4. The van der Waals surface area contributed by atoms with Crippen LogP contribution >= 0.6 is 23.2 Å². The average molecular weight is 384 g/mol. The van der Waals surface area contributed by atoms with Crippen molar-refractivity contribution in [2.24, 2.45) is 5.41 Å². The van der Waals surface area contributed by atoms with Crippen molar-refractivity contribution in [2.45, 2.75) is 25.7 Å². The molecule has 3 rings (SSSR count). The van der Waals surface area contributed by atoms with Gasteiger partial charge in [0.25, 0.3) is 5.91 Å². The number of hydrogen-bond donors (Lipinski definition) is 1. The van der Waals surface area contributed by atoms with Crippen molar-refractivity contribution in [3.63, 3.8) is 0 Å². The minimum atomic E-state index is -0.616. The highest BCUT2D eigenvalue weighted by Crippen LogP contribution is 2.64. The van der Waals surface area contributed by atoms with Gasteiger partial charge in [-0.3, -0.25) is 4.79 Å². The molecule has 1 aliphatic carbocycles. The topological polar surface area (TPSA) is 29.1 Å². The molecule has 25 heavy (non-hydrogen) atoms. The second-order valence-corrected chi connectivity index (χ2v) is 7.89. The van der Waals surface area contributed by atoms with Crippen molar-refractivity contribution < 1.29 is 13.6 Å². The third-order valence-electron chi connectivity index (χ3n) is 5.09. The molecular formula is C19H17Cl2F2NO. The van der Waals surface area contributed by atoms with Crippen LogP contribution in [-0.4, -0.2) is 12.5 Å². The Labute approximate surface area is 155 Å². The van der Waals surface area contributed by atoms with Crippen LogP contribution in [0.25, 0.3) is 0 Å². The van der Waals surface area contributed by atoms with E-state index in [0.717, 1.165) is 6.07 Å². The molecule has 0 bridgehead atoms. The number of halogens is 4. The van der Waals surface area contributed by atoms with Gasteiger partial charge in [0.1, 0.15) is 11.6 Å². The third kappa shape index (κ3) is 3.25. The molecule has 0 radical (unpaired) electrons. The largest absolute Gasteiger partial charge is 0.351 e. The van der Waals surface area contributed by atoms with Crippen molar-refractivity contribution in [3.05, 3.63) is 69.2 Å². The highest BCUT2D eigenvalue weighted by atomic mass is 35.5. The van der Waals surface area contributed by atoms with Crippen LogP contribution in [0.5, 0.6) is 0 Å². The molecule has 2 nitrogen and oxygen atoms in total. The van der Waals surface area contributed by atoms with Crippen LogP contribution in [0, 0.1) is 17.0 Å². The van der Waals surface area contributed by atoms with Gasteiger partial charge in [0.15, 0.2) is 0 Å². The zero-order valence-electron chi connectivity index (χ0n) is 13.8. The number of hydrogen-bond acceptors (Lipinski definition) is 1. The predicted molar refractivity (Wildman–Crippen MR) is 95.2 cm³/mol. The molecule has 0 heterocycles. The molecule has 2 aromatic carbocycles. The fourth-order valence-corrected chi connectivity index (χ4v) is 3.71. The van der Waals surface area contributed by atoms with Crippen molar-refractivity contribution in [2.75, 3.05) is 6.54 Å². The highest BCUT2D eigenvalue weighted by Gasteiger charge is 2.62. The maximum Gasteiger partial charge on any atom is 0.251 e. The molecule has 1 unspecified atom stereocenters. The lowest BCUT2D eigenvalue weighted by Gasteiger charge is -2.22. The number of nitrogens with one attached hydrogen (secondary N) is 1. The summed E-state index contributed by atoms with van der Waals surface area (Å²) in [6.45, 7) is 4.25. The SMILES string of the molecule is CC1(C)CC1(CNC(=O)c1ccc(Cl)c(Cl)c1)c1ccc(F)cc1F. The Balaban J connectivity index is 1.82. The number of carbonyl (C=O) groups is 1. The average Bonchev–Trinajstić information content (AvgIpc) is 3.09. The van der Waals surface area contributed by atoms with Gasteiger partial charge in [-0.05, 0) is 41.7 Å². The molecule has 1 N–H and O–H groups in total. The molecule has 1 aliphatic rings. The minimum absolute atomic E-state index is 0.198. The summed E-state index contributed by atoms with van der Waals surface area (Å²) in [7, 11) is 0. The Kier molecular flexibility index (Phi) is 4.54. The number of carbonyl (C=O) groups excluding carboxylic acids is 1. The normalized spacial score (nSPS) is 21.0. The van der Waals surface area contributed by atoms with E-state index in [1.54, 1.807) is 12.1 Å². The molecule has 0 saturated heterocycles. The van der Waals surface area contributed by atoms with Crippen molar-refractivity contribution in [1.82, 2.24) is 5.32 Å². The molecule has 132 valence electrons. The third-order valence-corrected chi connectivity index (χ3v) is 5.83. The molecule has 0 aliphatic heterocycles. The second-order valence-electron chi connectivity index (χ2n) is 7.08. The quantitative estimate of drug-likeness (QED) is 0.755. The zero-order valence-corrected chi connectivity index (χ0v) is 15.3. The summed E-state index contributed by atoms with van der Waals surface area (Å²) >= 11 is 11.8. The van der Waals surface area contributed by atoms with Gasteiger partial charge in [0.05, 0.1) is 10.0 Å². The van der Waals surface area contributed by atoms with Crippen molar-refractivity contribution in [1.29, 1.82) is 0 Å². The van der Waals surface area contributed by atoms with Crippen LogP contribution in [0.4, 0.5) is 8.78 Å².